The molecule has 4 heterocycles. The summed E-state index contributed by atoms with van der Waals surface area (Å²) in [5.41, 5.74) is 1.03. The van der Waals surface area contributed by atoms with E-state index in [1.807, 2.05) is 18.3 Å². The molecule has 6 rings (SSSR count). The lowest BCUT2D eigenvalue weighted by molar-refractivity contribution is -0.142. The normalized spacial score (nSPS) is 35.2. The Balaban J connectivity index is 1.41. The smallest absolute Gasteiger partial charge is 0.305 e. The van der Waals surface area contributed by atoms with Crippen LogP contribution < -0.4 is 4.87 Å². The number of pyridine rings is 1. The summed E-state index contributed by atoms with van der Waals surface area (Å²) in [5, 5.41) is 10.0. The molecule has 2 aromatic heterocycles. The largest absolute Gasteiger partial charge is 0.481 e. The number of amides is 2. The molecule has 0 aromatic carbocycles. The van der Waals surface area contributed by atoms with Gasteiger partial charge in [0.2, 0.25) is 11.8 Å². The third-order valence-corrected chi connectivity index (χ3v) is 10.00. The maximum atomic E-state index is 13.2. The van der Waals surface area contributed by atoms with Gasteiger partial charge in [0.1, 0.15) is 0 Å². The molecule has 2 aromatic rings. The third-order valence-electron chi connectivity index (χ3n) is 7.41. The third kappa shape index (κ3) is 2.64. The predicted octanol–water partition coefficient (Wildman–Crippen LogP) is 1.78. The average Bonchev–Trinajstić information content (AvgIpc) is 3.46. The van der Waals surface area contributed by atoms with Crippen molar-refractivity contribution >= 4 is 40.9 Å². The van der Waals surface area contributed by atoms with Gasteiger partial charge in [-0.05, 0) is 35.8 Å². The second-order valence-electron chi connectivity index (χ2n) is 8.72. The van der Waals surface area contributed by atoms with E-state index in [1.165, 1.54) is 16.2 Å². The van der Waals surface area contributed by atoms with Crippen LogP contribution in [-0.2, 0) is 14.4 Å². The van der Waals surface area contributed by atoms with Gasteiger partial charge in [-0.25, -0.2) is 0 Å². The van der Waals surface area contributed by atoms with Crippen molar-refractivity contribution in [2.24, 2.45) is 29.6 Å². The van der Waals surface area contributed by atoms with E-state index in [1.54, 1.807) is 18.0 Å². The van der Waals surface area contributed by atoms with E-state index in [4.69, 9.17) is 5.11 Å². The first-order valence-corrected chi connectivity index (χ1v) is 12.0. The van der Waals surface area contributed by atoms with Gasteiger partial charge in [0, 0.05) is 35.0 Å². The number of carboxylic acids is 1. The molecule has 7 atom stereocenters. The van der Waals surface area contributed by atoms with E-state index in [0.717, 1.165) is 21.9 Å². The van der Waals surface area contributed by atoms with Gasteiger partial charge in [-0.1, -0.05) is 17.4 Å². The molecule has 8 nitrogen and oxygen atoms in total. The number of fused-ring (bicyclic) bond motifs is 9. The van der Waals surface area contributed by atoms with Crippen LogP contribution in [0.1, 0.15) is 29.2 Å². The maximum Gasteiger partial charge on any atom is 0.305 e. The van der Waals surface area contributed by atoms with Crippen molar-refractivity contribution in [3.05, 3.63) is 44.6 Å². The lowest BCUT2D eigenvalue weighted by atomic mass is 9.68. The molecule has 10 heteroatoms. The minimum atomic E-state index is -1.02. The number of carbonyl (C=O) groups excluding carboxylic acids is 2. The van der Waals surface area contributed by atoms with Crippen molar-refractivity contribution in [2.45, 2.75) is 29.0 Å². The van der Waals surface area contributed by atoms with Crippen LogP contribution in [0.4, 0.5) is 0 Å². The molecule has 2 aliphatic heterocycles. The monoisotopic (exact) mass is 457 g/mol. The molecule has 1 saturated heterocycles. The zero-order chi connectivity index (χ0) is 21.4. The summed E-state index contributed by atoms with van der Waals surface area (Å²) >= 11 is 2.86. The Morgan fingerprint density at radius 2 is 2.00 bits per heavy atom. The van der Waals surface area contributed by atoms with Crippen LogP contribution in [0.5, 0.6) is 0 Å². The minimum absolute atomic E-state index is 0.0363. The van der Waals surface area contributed by atoms with Gasteiger partial charge >= 0.3 is 10.8 Å². The molecule has 3 fully saturated rings. The van der Waals surface area contributed by atoms with Crippen molar-refractivity contribution in [1.82, 2.24) is 14.9 Å². The molecule has 2 bridgehead atoms. The minimum Gasteiger partial charge on any atom is -0.481 e. The highest BCUT2D eigenvalue weighted by Gasteiger charge is 2.69. The maximum absolute atomic E-state index is 13.2. The summed E-state index contributed by atoms with van der Waals surface area (Å²) in [6.07, 6.45) is 4.13. The highest BCUT2D eigenvalue weighted by Crippen LogP contribution is 2.68. The lowest BCUT2D eigenvalue weighted by Gasteiger charge is -2.42. The summed E-state index contributed by atoms with van der Waals surface area (Å²) in [4.78, 5) is 58.8. The van der Waals surface area contributed by atoms with Gasteiger partial charge in [-0.2, -0.15) is 0 Å². The molecule has 0 unspecified atom stereocenters. The molecule has 4 aliphatic rings. The van der Waals surface area contributed by atoms with Crippen molar-refractivity contribution in [3.8, 4) is 0 Å². The van der Waals surface area contributed by atoms with Gasteiger partial charge in [0.25, 0.3) is 0 Å². The molecule has 0 radical (unpaired) electrons. The summed E-state index contributed by atoms with van der Waals surface area (Å²) in [5.74, 6) is -2.03. The molecular formula is C21H19N3O5S2. The molecular weight excluding hydrogens is 438 g/mol. The Hall–Kier alpha value is -2.46. The SMILES string of the molecule is O=C(O)CCN1C(=O)[C@@H]2[C@H]3C[C@@H]([C@@H]2C1=O)[C@@H]1[C@@H](c2cccnc2)c2sc(=O)[nH]c2S[C@@H]31. The number of carboxylic acid groups (broad SMARTS) is 1. The Kier molecular flexibility index (Phi) is 4.20. The zero-order valence-corrected chi connectivity index (χ0v) is 17.9. The number of imide groups is 1. The summed E-state index contributed by atoms with van der Waals surface area (Å²) in [7, 11) is 0. The van der Waals surface area contributed by atoms with Crippen LogP contribution >= 0.6 is 23.1 Å². The molecule has 2 aliphatic carbocycles. The van der Waals surface area contributed by atoms with Gasteiger partial charge in [0.05, 0.1) is 23.3 Å². The fourth-order valence-electron chi connectivity index (χ4n) is 6.44. The number of nitrogens with one attached hydrogen (secondary N) is 1. The topological polar surface area (TPSA) is 120 Å². The number of hydrogen-bond acceptors (Lipinski definition) is 7. The van der Waals surface area contributed by atoms with Gasteiger partial charge in [-0.15, -0.1) is 11.8 Å². The number of carbonyl (C=O) groups is 3. The standard InChI is InChI=1S/C21H19N3O5S2/c25-11(26)3-5-24-19(27)14-9-6-10(15(14)20(24)28)16-13(9)12(8-2-1-4-22-7-8)17-18(30-16)23-21(29)31-17/h1-2,4,7,9-10,12-16H,3,5-6H2,(H,23,29)(H,25,26)/t9-,10-,12-,13-,14+,15-,16+/m1/s1. The average molecular weight is 458 g/mol. The second-order valence-corrected chi connectivity index (χ2v) is 10.9. The molecule has 0 spiro atoms. The predicted molar refractivity (Wildman–Crippen MR) is 112 cm³/mol. The summed E-state index contributed by atoms with van der Waals surface area (Å²) in [6.45, 7) is -0.0609. The van der Waals surface area contributed by atoms with E-state index in [0.29, 0.717) is 0 Å². The zero-order valence-electron chi connectivity index (χ0n) is 16.3. The fraction of sp³-hybridized carbons (Fsp3) is 0.476. The highest BCUT2D eigenvalue weighted by molar-refractivity contribution is 8.00. The van der Waals surface area contributed by atoms with Crippen LogP contribution in [-0.4, -0.2) is 49.6 Å². The van der Waals surface area contributed by atoms with Gasteiger partial charge < -0.3 is 10.1 Å². The number of hydrogen-bond donors (Lipinski definition) is 2. The molecule has 2 saturated carbocycles. The van der Waals surface area contributed by atoms with Crippen molar-refractivity contribution in [1.29, 1.82) is 0 Å². The number of aromatic amines is 1. The highest BCUT2D eigenvalue weighted by atomic mass is 32.2. The van der Waals surface area contributed by atoms with Crippen LogP contribution in [0.3, 0.4) is 0 Å². The van der Waals surface area contributed by atoms with Crippen molar-refractivity contribution < 1.29 is 19.5 Å². The number of aliphatic carboxylic acids is 1. The molecule has 2 amide bonds. The lowest BCUT2D eigenvalue weighted by Crippen LogP contribution is -2.42. The number of H-pyrrole nitrogens is 1. The Morgan fingerprint density at radius 1 is 1.23 bits per heavy atom. The van der Waals surface area contributed by atoms with Crippen LogP contribution in [0.15, 0.2) is 34.3 Å². The Bertz CT molecular complexity index is 1160. The number of thiazole rings is 1. The quantitative estimate of drug-likeness (QED) is 0.672. The van der Waals surface area contributed by atoms with E-state index in [2.05, 4.69) is 9.97 Å². The first-order chi connectivity index (χ1) is 15.0. The van der Waals surface area contributed by atoms with Crippen LogP contribution in [0.2, 0.25) is 0 Å². The van der Waals surface area contributed by atoms with Crippen molar-refractivity contribution in [2.75, 3.05) is 6.54 Å². The summed E-state index contributed by atoms with van der Waals surface area (Å²) in [6, 6.07) is 3.90. The molecule has 2 N–H and O–H groups in total. The number of thioether (sulfide) groups is 1. The van der Waals surface area contributed by atoms with E-state index < -0.39 is 5.97 Å². The van der Waals surface area contributed by atoms with Crippen molar-refractivity contribution in [3.63, 3.8) is 0 Å². The summed E-state index contributed by atoms with van der Waals surface area (Å²) < 4.78 is 0. The van der Waals surface area contributed by atoms with Crippen LogP contribution in [0, 0.1) is 29.6 Å². The fourth-order valence-corrected chi connectivity index (χ4v) is 9.33. The Labute approximate surface area is 185 Å². The van der Waals surface area contributed by atoms with Crippen LogP contribution in [0.25, 0.3) is 0 Å². The second kappa shape index (κ2) is 6.77. The molecule has 160 valence electrons. The van der Waals surface area contributed by atoms with E-state index in [9.17, 15) is 19.2 Å². The number of likely N-dealkylation sites (tertiary alicyclic amines) is 1. The molecule has 31 heavy (non-hydrogen) atoms. The van der Waals surface area contributed by atoms with Gasteiger partial charge in [0.15, 0.2) is 0 Å². The number of nitrogens with zero attached hydrogens (tertiary/aromatic N) is 2. The number of rotatable bonds is 4. The van der Waals surface area contributed by atoms with Gasteiger partial charge in [-0.3, -0.25) is 29.1 Å². The van der Waals surface area contributed by atoms with E-state index >= 15 is 0 Å². The number of aromatic nitrogens is 2. The first-order valence-electron chi connectivity index (χ1n) is 10.3. The first kappa shape index (κ1) is 19.2. The van der Waals surface area contributed by atoms with E-state index in [-0.39, 0.29) is 70.4 Å². The Morgan fingerprint density at radius 3 is 2.71 bits per heavy atom.